The second kappa shape index (κ2) is 17.7. The quantitative estimate of drug-likeness (QED) is 0.137. The lowest BCUT2D eigenvalue weighted by Gasteiger charge is -2.34. The molecule has 4 aromatic rings. The van der Waals surface area contributed by atoms with Gasteiger partial charge in [0, 0.05) is 28.9 Å². The Labute approximate surface area is 314 Å². The highest BCUT2D eigenvalue weighted by Crippen LogP contribution is 2.32. The van der Waals surface area contributed by atoms with E-state index >= 15 is 0 Å². The first-order valence-electron chi connectivity index (χ1n) is 17.3. The van der Waals surface area contributed by atoms with Crippen LogP contribution in [-0.2, 0) is 37.1 Å². The van der Waals surface area contributed by atoms with Crippen molar-refractivity contribution in [2.24, 2.45) is 5.92 Å². The van der Waals surface area contributed by atoms with E-state index < -0.39 is 21.8 Å². The Morgan fingerprint density at radius 2 is 1.40 bits per heavy atom. The lowest BCUT2D eigenvalue weighted by Crippen LogP contribution is -2.43. The number of ether oxygens (including phenoxy) is 2. The molecule has 0 aromatic heterocycles. The van der Waals surface area contributed by atoms with Crippen molar-refractivity contribution in [1.29, 1.82) is 0 Å². The number of anilines is 2. The van der Waals surface area contributed by atoms with E-state index in [-0.39, 0.29) is 57.2 Å². The van der Waals surface area contributed by atoms with Gasteiger partial charge in [0.05, 0.1) is 41.8 Å². The fourth-order valence-corrected chi connectivity index (χ4v) is 8.41. The van der Waals surface area contributed by atoms with Crippen molar-refractivity contribution in [3.63, 3.8) is 0 Å². The van der Waals surface area contributed by atoms with Crippen LogP contribution in [0.2, 0.25) is 5.02 Å². The molecule has 0 atom stereocenters. The third-order valence-electron chi connectivity index (χ3n) is 9.42. The first-order chi connectivity index (χ1) is 25.4. The number of hydrogen-bond acceptors (Lipinski definition) is 8. The third kappa shape index (κ3) is 9.69. The maximum absolute atomic E-state index is 13.8. The first-order valence-corrected chi connectivity index (χ1v) is 19.1. The summed E-state index contributed by atoms with van der Waals surface area (Å²) < 4.78 is 38.7. The molecule has 1 aliphatic rings. The molecule has 2 N–H and O–H groups in total. The highest BCUT2D eigenvalue weighted by Gasteiger charge is 2.35. The van der Waals surface area contributed by atoms with E-state index in [1.165, 1.54) is 54.9 Å². The molecule has 0 unspecified atom stereocenters. The Bertz CT molecular complexity index is 2060. The number of sulfonamides is 1. The normalized spacial score (nSPS) is 15.7. The molecule has 4 aromatic carbocycles. The number of benzene rings is 4. The van der Waals surface area contributed by atoms with Gasteiger partial charge < -0.3 is 20.1 Å². The molecule has 1 saturated carbocycles. The van der Waals surface area contributed by atoms with Crippen LogP contribution in [-0.4, -0.2) is 63.3 Å². The Morgan fingerprint density at radius 1 is 0.755 bits per heavy atom. The van der Waals surface area contributed by atoms with Gasteiger partial charge in [0.15, 0.2) is 0 Å². The number of hydrogen-bond donors (Lipinski definition) is 2. The lowest BCUT2D eigenvalue weighted by atomic mass is 9.86. The number of aryl methyl sites for hydroxylation is 2. The molecule has 0 radical (unpaired) electrons. The molecular formula is C40H42ClN3O8S. The number of nitrogens with zero attached hydrogens (tertiary/aromatic N) is 1. The second-order valence-electron chi connectivity index (χ2n) is 12.7. The van der Waals surface area contributed by atoms with Crippen molar-refractivity contribution >= 4 is 56.8 Å². The van der Waals surface area contributed by atoms with Crippen molar-refractivity contribution in [2.45, 2.75) is 56.4 Å². The van der Waals surface area contributed by atoms with Gasteiger partial charge in [0.2, 0.25) is 10.0 Å². The van der Waals surface area contributed by atoms with E-state index in [4.69, 9.17) is 21.1 Å². The van der Waals surface area contributed by atoms with E-state index in [2.05, 4.69) is 10.6 Å². The molecule has 5 rings (SSSR count). The van der Waals surface area contributed by atoms with Crippen molar-refractivity contribution in [2.75, 3.05) is 31.4 Å². The van der Waals surface area contributed by atoms with E-state index in [0.717, 1.165) is 24.0 Å². The van der Waals surface area contributed by atoms with E-state index in [0.29, 0.717) is 36.9 Å². The molecule has 1 aliphatic carbocycles. The molecule has 0 aliphatic heterocycles. The zero-order valence-electron chi connectivity index (χ0n) is 29.8. The number of methoxy groups -OCH3 is 2. The Kier molecular flexibility index (Phi) is 13.0. The molecule has 11 nitrogen and oxygen atoms in total. The summed E-state index contributed by atoms with van der Waals surface area (Å²) in [6.07, 6.45) is 3.61. The highest BCUT2D eigenvalue weighted by atomic mass is 35.5. The fraction of sp³-hybridized carbons (Fsp3) is 0.300. The Balaban J connectivity index is 1.23. The summed E-state index contributed by atoms with van der Waals surface area (Å²) >= 11 is 6.25. The Hall–Kier alpha value is -5.04. The van der Waals surface area contributed by atoms with Gasteiger partial charge in [-0.1, -0.05) is 48.9 Å². The summed E-state index contributed by atoms with van der Waals surface area (Å²) in [5, 5.41) is 5.88. The van der Waals surface area contributed by atoms with Crippen LogP contribution in [0.5, 0.6) is 0 Å². The van der Waals surface area contributed by atoms with E-state index in [9.17, 15) is 27.6 Å². The largest absolute Gasteiger partial charge is 0.469 e. The van der Waals surface area contributed by atoms with Gasteiger partial charge in [0.25, 0.3) is 11.8 Å². The average molecular weight is 760 g/mol. The molecule has 0 bridgehead atoms. The van der Waals surface area contributed by atoms with Gasteiger partial charge in [-0.15, -0.1) is 0 Å². The average Bonchev–Trinajstić information content (AvgIpc) is 3.18. The number of carbonyl (C=O) groups excluding carboxylic acids is 4. The number of esters is 2. The standard InChI is InChI=1S/C40H42ClN3O8S/c1-4-44(33-21-16-29(17-22-33)40(48)52-3)53(49,50)34-7-5-6-30(24-34)37(45)43-36-23-18-31(41)25-35(36)38(46)42-32-19-12-27(13-20-32)9-8-26-10-14-28(15-11-26)39(47)51-2/h5-7,10-15,18-20,23-25,29,33H,4,8-9,16-17,21-22H2,1-3H3,(H,42,46)(H,43,45)/t29-,33-. The molecule has 13 heteroatoms. The van der Waals surface area contributed by atoms with Crippen molar-refractivity contribution in [3.8, 4) is 0 Å². The number of nitrogens with one attached hydrogen (secondary N) is 2. The predicted octanol–water partition coefficient (Wildman–Crippen LogP) is 7.16. The lowest BCUT2D eigenvalue weighted by molar-refractivity contribution is -0.146. The summed E-state index contributed by atoms with van der Waals surface area (Å²) in [6, 6.07) is 24.6. The molecule has 53 heavy (non-hydrogen) atoms. The molecule has 1 fully saturated rings. The van der Waals surface area contributed by atoms with Crippen LogP contribution in [0.3, 0.4) is 0 Å². The number of rotatable bonds is 13. The van der Waals surface area contributed by atoms with Gasteiger partial charge in [-0.3, -0.25) is 14.4 Å². The zero-order chi connectivity index (χ0) is 38.1. The van der Waals surface area contributed by atoms with Gasteiger partial charge in [-0.05, 0) is 110 Å². The fourth-order valence-electron chi connectivity index (χ4n) is 6.50. The maximum Gasteiger partial charge on any atom is 0.337 e. The minimum absolute atomic E-state index is 0.0314. The van der Waals surface area contributed by atoms with E-state index in [1.54, 1.807) is 37.3 Å². The van der Waals surface area contributed by atoms with Gasteiger partial charge in [-0.25, -0.2) is 13.2 Å². The molecule has 0 heterocycles. The second-order valence-corrected chi connectivity index (χ2v) is 15.1. The third-order valence-corrected chi connectivity index (χ3v) is 11.7. The van der Waals surface area contributed by atoms with Crippen molar-refractivity contribution in [1.82, 2.24) is 4.31 Å². The Morgan fingerprint density at radius 3 is 2.00 bits per heavy atom. The first kappa shape index (κ1) is 39.2. The topological polar surface area (TPSA) is 148 Å². The van der Waals surface area contributed by atoms with Crippen molar-refractivity contribution in [3.05, 3.63) is 124 Å². The molecule has 0 saturated heterocycles. The summed E-state index contributed by atoms with van der Waals surface area (Å²) in [5.41, 5.74) is 3.55. The van der Waals surface area contributed by atoms with Crippen molar-refractivity contribution < 1.29 is 37.1 Å². The molecular weight excluding hydrogens is 718 g/mol. The van der Waals surface area contributed by atoms with Gasteiger partial charge in [0.1, 0.15) is 0 Å². The summed E-state index contributed by atoms with van der Waals surface area (Å²) in [6.45, 7) is 1.99. The SMILES string of the molecule is CCN([C@H]1CC[C@H](C(=O)OC)CC1)S(=O)(=O)c1cccc(C(=O)Nc2ccc(Cl)cc2C(=O)Nc2ccc(CCc3ccc(C(=O)OC)cc3)cc2)c1. The van der Waals surface area contributed by atoms with Crippen LogP contribution in [0.25, 0.3) is 0 Å². The minimum Gasteiger partial charge on any atom is -0.469 e. The summed E-state index contributed by atoms with van der Waals surface area (Å²) in [5.74, 6) is -2.01. The van der Waals surface area contributed by atoms with Crippen LogP contribution >= 0.6 is 11.6 Å². The van der Waals surface area contributed by atoms with Gasteiger partial charge >= 0.3 is 11.9 Å². The summed E-state index contributed by atoms with van der Waals surface area (Å²) in [7, 11) is -1.27. The van der Waals surface area contributed by atoms with Crippen LogP contribution in [0.4, 0.5) is 11.4 Å². The molecule has 278 valence electrons. The number of carbonyl (C=O) groups is 4. The smallest absolute Gasteiger partial charge is 0.337 e. The number of halogens is 1. The maximum atomic E-state index is 13.8. The van der Waals surface area contributed by atoms with Crippen LogP contribution < -0.4 is 10.6 Å². The summed E-state index contributed by atoms with van der Waals surface area (Å²) in [4.78, 5) is 50.6. The van der Waals surface area contributed by atoms with Crippen LogP contribution in [0.1, 0.15) is 74.8 Å². The van der Waals surface area contributed by atoms with E-state index in [1.807, 2.05) is 24.3 Å². The van der Waals surface area contributed by atoms with Gasteiger partial charge in [-0.2, -0.15) is 4.31 Å². The van der Waals surface area contributed by atoms with Crippen LogP contribution in [0.15, 0.2) is 95.9 Å². The van der Waals surface area contributed by atoms with Crippen LogP contribution in [0, 0.1) is 5.92 Å². The monoisotopic (exact) mass is 759 g/mol. The highest BCUT2D eigenvalue weighted by molar-refractivity contribution is 7.89. The molecule has 2 amide bonds. The minimum atomic E-state index is -3.97. The zero-order valence-corrected chi connectivity index (χ0v) is 31.3. The number of amides is 2. The molecule has 0 spiro atoms. The predicted molar refractivity (Wildman–Crippen MR) is 203 cm³/mol.